The highest BCUT2D eigenvalue weighted by Gasteiger charge is 2.36. The number of phenols is 1. The van der Waals surface area contributed by atoms with Crippen LogP contribution in [-0.4, -0.2) is 52.4 Å². The Morgan fingerprint density at radius 1 is 0.929 bits per heavy atom. The second-order valence-corrected chi connectivity index (χ2v) is 11.1. The summed E-state index contributed by atoms with van der Waals surface area (Å²) in [6.07, 6.45) is 2.51. The summed E-state index contributed by atoms with van der Waals surface area (Å²) in [5.74, 6) is -0.579. The van der Waals surface area contributed by atoms with Crippen LogP contribution < -0.4 is 22.1 Å². The van der Waals surface area contributed by atoms with Crippen LogP contribution in [0.1, 0.15) is 47.1 Å². The predicted octanol–water partition coefficient (Wildman–Crippen LogP) is 3.08. The van der Waals surface area contributed by atoms with Gasteiger partial charge in [0.15, 0.2) is 0 Å². The largest absolute Gasteiger partial charge is 0.508 e. The van der Waals surface area contributed by atoms with Gasteiger partial charge < -0.3 is 32.1 Å². The zero-order chi connectivity index (χ0) is 30.2. The number of amides is 3. The Bertz CT molecular complexity index is 1390. The number of hydrogen-bond acceptors (Lipinski definition) is 6. The van der Waals surface area contributed by atoms with E-state index in [1.165, 1.54) is 0 Å². The van der Waals surface area contributed by atoms with Crippen LogP contribution in [0.2, 0.25) is 0 Å². The molecule has 0 aromatic heterocycles. The lowest BCUT2D eigenvalue weighted by atomic mass is 9.91. The molecule has 0 radical (unpaired) electrons. The van der Waals surface area contributed by atoms with Crippen LogP contribution in [0.5, 0.6) is 5.75 Å². The number of anilines is 1. The Morgan fingerprint density at radius 2 is 1.57 bits per heavy atom. The van der Waals surface area contributed by atoms with Crippen molar-refractivity contribution in [1.29, 1.82) is 0 Å². The zero-order valence-electron chi connectivity index (χ0n) is 24.3. The third-order valence-corrected chi connectivity index (χ3v) is 7.88. The molecule has 0 fully saturated rings. The van der Waals surface area contributed by atoms with Crippen LogP contribution in [0.4, 0.5) is 5.69 Å². The fourth-order valence-corrected chi connectivity index (χ4v) is 5.51. The second kappa shape index (κ2) is 14.1. The highest BCUT2D eigenvalue weighted by Crippen LogP contribution is 2.26. The third kappa shape index (κ3) is 7.74. The molecule has 7 N–H and O–H groups in total. The smallest absolute Gasteiger partial charge is 0.243 e. The zero-order valence-corrected chi connectivity index (χ0v) is 24.3. The number of unbranched alkanes of at least 4 members (excludes halogenated alkanes) is 1. The second-order valence-electron chi connectivity index (χ2n) is 11.1. The summed E-state index contributed by atoms with van der Waals surface area (Å²) in [7, 11) is 0. The van der Waals surface area contributed by atoms with Gasteiger partial charge in [0.2, 0.25) is 17.7 Å². The van der Waals surface area contributed by atoms with Gasteiger partial charge >= 0.3 is 0 Å². The number of carbonyl (C=O) groups excluding carboxylic acids is 3. The number of carbonyl (C=O) groups is 3. The molecule has 42 heavy (non-hydrogen) atoms. The van der Waals surface area contributed by atoms with Crippen LogP contribution in [0.25, 0.3) is 0 Å². The van der Waals surface area contributed by atoms with Crippen LogP contribution in [0.15, 0.2) is 66.7 Å². The maximum atomic E-state index is 13.7. The molecule has 1 aliphatic heterocycles. The molecule has 9 heteroatoms. The summed E-state index contributed by atoms with van der Waals surface area (Å²) in [4.78, 5) is 41.0. The summed E-state index contributed by atoms with van der Waals surface area (Å²) in [5, 5.41) is 15.7. The monoisotopic (exact) mass is 571 g/mol. The lowest BCUT2D eigenvalue weighted by molar-refractivity contribution is -0.142. The van der Waals surface area contributed by atoms with Gasteiger partial charge in [0.25, 0.3) is 0 Å². The predicted molar refractivity (Wildman–Crippen MR) is 164 cm³/mol. The minimum Gasteiger partial charge on any atom is -0.508 e. The Kier molecular flexibility index (Phi) is 10.3. The third-order valence-electron chi connectivity index (χ3n) is 7.88. The number of aromatic hydroxyl groups is 1. The first kappa shape index (κ1) is 30.7. The van der Waals surface area contributed by atoms with Crippen LogP contribution in [0.3, 0.4) is 0 Å². The van der Waals surface area contributed by atoms with Crippen molar-refractivity contribution in [3.05, 3.63) is 94.5 Å². The number of nitrogens with zero attached hydrogens (tertiary/aromatic N) is 1. The number of phenolic OH excluding ortho intramolecular Hbond substituents is 1. The molecule has 0 aliphatic carbocycles. The van der Waals surface area contributed by atoms with E-state index in [0.29, 0.717) is 50.9 Å². The molecule has 3 amide bonds. The molecule has 4 rings (SSSR count). The summed E-state index contributed by atoms with van der Waals surface area (Å²) < 4.78 is 0. The van der Waals surface area contributed by atoms with E-state index in [4.69, 9.17) is 11.5 Å². The quantitative estimate of drug-likeness (QED) is 0.223. The summed E-state index contributed by atoms with van der Waals surface area (Å²) in [5.41, 5.74) is 17.9. The van der Waals surface area contributed by atoms with E-state index >= 15 is 0 Å². The fourth-order valence-electron chi connectivity index (χ4n) is 5.51. The minimum atomic E-state index is -0.837. The molecule has 1 aliphatic rings. The van der Waals surface area contributed by atoms with Crippen molar-refractivity contribution in [2.75, 3.05) is 11.9 Å². The molecule has 0 saturated carbocycles. The Hall–Kier alpha value is -4.21. The molecule has 3 aromatic carbocycles. The molecule has 222 valence electrons. The molecule has 0 bridgehead atoms. The van der Waals surface area contributed by atoms with Crippen molar-refractivity contribution in [3.63, 3.8) is 0 Å². The maximum absolute atomic E-state index is 13.7. The molecular formula is C33H41N5O4. The van der Waals surface area contributed by atoms with E-state index < -0.39 is 18.1 Å². The Morgan fingerprint density at radius 3 is 2.26 bits per heavy atom. The first-order valence-electron chi connectivity index (χ1n) is 14.4. The summed E-state index contributed by atoms with van der Waals surface area (Å²) in [6.45, 7) is 4.48. The molecule has 3 unspecified atom stereocenters. The number of benzene rings is 3. The van der Waals surface area contributed by atoms with E-state index in [1.54, 1.807) is 29.2 Å². The van der Waals surface area contributed by atoms with Crippen molar-refractivity contribution in [3.8, 4) is 5.75 Å². The fraction of sp³-hybridized carbons (Fsp3) is 0.364. The number of nitrogens with two attached hydrogens (primary N) is 2. The maximum Gasteiger partial charge on any atom is 0.243 e. The van der Waals surface area contributed by atoms with Crippen molar-refractivity contribution in [1.82, 2.24) is 10.2 Å². The van der Waals surface area contributed by atoms with Gasteiger partial charge in [-0.05, 0) is 91.6 Å². The van der Waals surface area contributed by atoms with Crippen LogP contribution >= 0.6 is 0 Å². The van der Waals surface area contributed by atoms with Gasteiger partial charge in [-0.3, -0.25) is 14.4 Å². The molecule has 3 atom stereocenters. The molecular weight excluding hydrogens is 530 g/mol. The van der Waals surface area contributed by atoms with Crippen molar-refractivity contribution in [2.24, 2.45) is 11.5 Å². The van der Waals surface area contributed by atoms with Gasteiger partial charge in [0.05, 0.1) is 12.1 Å². The first-order chi connectivity index (χ1) is 20.1. The normalized spacial score (nSPS) is 15.8. The number of fused-ring (bicyclic) bond motifs is 1. The van der Waals surface area contributed by atoms with E-state index in [9.17, 15) is 19.5 Å². The van der Waals surface area contributed by atoms with Gasteiger partial charge in [-0.1, -0.05) is 42.5 Å². The van der Waals surface area contributed by atoms with Crippen molar-refractivity contribution < 1.29 is 19.5 Å². The van der Waals surface area contributed by atoms with Crippen LogP contribution in [-0.2, 0) is 33.8 Å². The summed E-state index contributed by atoms with van der Waals surface area (Å²) in [6, 6.07) is 18.2. The van der Waals surface area contributed by atoms with Gasteiger partial charge in [-0.15, -0.1) is 0 Å². The van der Waals surface area contributed by atoms with E-state index in [-0.39, 0.29) is 23.5 Å². The number of aryl methyl sites for hydroxylation is 2. The first-order valence-corrected chi connectivity index (χ1v) is 14.4. The molecule has 3 aromatic rings. The number of para-hydroxylation sites is 1. The molecule has 0 spiro atoms. The SMILES string of the molecule is Cc1cc(O)cc(C)c1CC(N)C(=O)N1Cc2ccccc2CC1C(=O)NCCCCC(N)C(=O)Nc1ccccc1. The van der Waals surface area contributed by atoms with E-state index in [0.717, 1.165) is 27.8 Å². The number of rotatable bonds is 11. The van der Waals surface area contributed by atoms with Gasteiger partial charge in [-0.2, -0.15) is 0 Å². The van der Waals surface area contributed by atoms with E-state index in [1.807, 2.05) is 56.3 Å². The highest BCUT2D eigenvalue weighted by molar-refractivity contribution is 5.94. The molecule has 9 nitrogen and oxygen atoms in total. The van der Waals surface area contributed by atoms with Gasteiger partial charge in [0.1, 0.15) is 11.8 Å². The molecule has 0 saturated heterocycles. The van der Waals surface area contributed by atoms with Gasteiger partial charge in [-0.25, -0.2) is 0 Å². The average Bonchev–Trinajstić information content (AvgIpc) is 2.97. The molecule has 1 heterocycles. The topological polar surface area (TPSA) is 151 Å². The van der Waals surface area contributed by atoms with Crippen molar-refractivity contribution >= 4 is 23.4 Å². The standard InChI is InChI=1S/C33H41N5O4/c1-21-16-26(39)17-22(2)27(21)19-29(35)33(42)38-20-24-11-7-6-10-23(24)18-30(38)32(41)36-15-9-8-14-28(34)31(40)37-25-12-4-3-5-13-25/h3-7,10-13,16-17,28-30,39H,8-9,14-15,18-20,34-35H2,1-2H3,(H,36,41)(H,37,40). The Balaban J connectivity index is 1.34. The van der Waals surface area contributed by atoms with Crippen molar-refractivity contribution in [2.45, 2.75) is 70.6 Å². The lowest BCUT2D eigenvalue weighted by Crippen LogP contribution is -2.56. The lowest BCUT2D eigenvalue weighted by Gasteiger charge is -2.37. The highest BCUT2D eigenvalue weighted by atomic mass is 16.3. The Labute approximate surface area is 247 Å². The average molecular weight is 572 g/mol. The summed E-state index contributed by atoms with van der Waals surface area (Å²) >= 11 is 0. The van der Waals surface area contributed by atoms with Gasteiger partial charge in [0, 0.05) is 25.2 Å². The number of nitrogens with one attached hydrogen (secondary N) is 2. The minimum absolute atomic E-state index is 0.176. The van der Waals surface area contributed by atoms with E-state index in [2.05, 4.69) is 10.6 Å². The van der Waals surface area contributed by atoms with Crippen LogP contribution in [0, 0.1) is 13.8 Å². The number of hydrogen-bond donors (Lipinski definition) is 5.